The molecule has 1 aliphatic heterocycles. The van der Waals surface area contributed by atoms with Crippen LogP contribution in [-0.2, 0) is 10.2 Å². The predicted molar refractivity (Wildman–Crippen MR) is 82.6 cm³/mol. The van der Waals surface area contributed by atoms with Crippen molar-refractivity contribution >= 4 is 18.0 Å². The smallest absolute Gasteiger partial charge is 0.207 e. The number of rotatable bonds is 5. The third-order valence-electron chi connectivity index (χ3n) is 4.85. The van der Waals surface area contributed by atoms with Gasteiger partial charge in [-0.05, 0) is 37.8 Å². The summed E-state index contributed by atoms with van der Waals surface area (Å²) >= 11 is 6.46. The molecule has 1 saturated carbocycles. The predicted octanol–water partition coefficient (Wildman–Crippen LogP) is 2.03. The first kappa shape index (κ1) is 15.4. The van der Waals surface area contributed by atoms with Gasteiger partial charge in [0.1, 0.15) is 6.10 Å². The average Bonchev–Trinajstić information content (AvgIpc) is 2.86. The first-order valence-corrected chi connectivity index (χ1v) is 7.90. The van der Waals surface area contributed by atoms with Gasteiger partial charge in [0.2, 0.25) is 6.41 Å². The first-order chi connectivity index (χ1) is 10.6. The Hall–Kier alpha value is -1.46. The van der Waals surface area contributed by atoms with Crippen molar-refractivity contribution in [3.63, 3.8) is 0 Å². The summed E-state index contributed by atoms with van der Waals surface area (Å²) in [4.78, 5) is 10.6. The molecule has 0 spiro atoms. The molecule has 5 nitrogen and oxygen atoms in total. The van der Waals surface area contributed by atoms with Crippen molar-refractivity contribution in [2.45, 2.75) is 43.3 Å². The summed E-state index contributed by atoms with van der Waals surface area (Å²) in [6, 6.07) is 3.59. The summed E-state index contributed by atoms with van der Waals surface area (Å²) < 4.78 is 11.5. The zero-order valence-corrected chi connectivity index (χ0v) is 13.2. The van der Waals surface area contributed by atoms with Crippen LogP contribution in [0.1, 0.15) is 31.2 Å². The van der Waals surface area contributed by atoms with E-state index in [1.807, 2.05) is 0 Å². The van der Waals surface area contributed by atoms with Crippen molar-refractivity contribution in [2.75, 3.05) is 13.7 Å². The normalized spacial score (nSPS) is 29.2. The van der Waals surface area contributed by atoms with Crippen LogP contribution in [-0.4, -0.2) is 37.4 Å². The third kappa shape index (κ3) is 2.23. The number of hydrogen-bond donors (Lipinski definition) is 2. The molecule has 0 aromatic heterocycles. The van der Waals surface area contributed by atoms with Crippen LogP contribution in [0, 0.1) is 0 Å². The summed E-state index contributed by atoms with van der Waals surface area (Å²) in [5.41, 5.74) is 0.527. The third-order valence-corrected chi connectivity index (χ3v) is 5.16. The van der Waals surface area contributed by atoms with Gasteiger partial charge < -0.3 is 19.9 Å². The molecule has 0 saturated heterocycles. The Kier molecular flexibility index (Phi) is 4.19. The number of methoxy groups -OCH3 is 1. The molecule has 120 valence electrons. The fourth-order valence-corrected chi connectivity index (χ4v) is 4.24. The number of aliphatic hydroxyl groups excluding tert-OH is 1. The van der Waals surface area contributed by atoms with Gasteiger partial charge in [-0.3, -0.25) is 4.79 Å². The number of halogens is 1. The van der Waals surface area contributed by atoms with Crippen LogP contribution < -0.4 is 14.8 Å². The van der Waals surface area contributed by atoms with Crippen molar-refractivity contribution in [3.8, 4) is 11.5 Å². The standard InChI is InChI=1S/C16H20ClNO4/c1-21-12-5-4-10(17)13-14(12)22-15-11(20)3-2-6-16(13,15)7-8-18-9-19/h4-5,9,11,15,20H,2-3,6-8H2,1H3,(H,18,19)/t11?,15-,16+/m0/s1. The van der Waals surface area contributed by atoms with Crippen molar-refractivity contribution < 1.29 is 19.4 Å². The van der Waals surface area contributed by atoms with Crippen molar-refractivity contribution in [1.29, 1.82) is 0 Å². The average molecular weight is 326 g/mol. The van der Waals surface area contributed by atoms with E-state index in [0.29, 0.717) is 42.3 Å². The maximum absolute atomic E-state index is 10.6. The van der Waals surface area contributed by atoms with Crippen LogP contribution >= 0.6 is 11.6 Å². The van der Waals surface area contributed by atoms with Crippen molar-refractivity contribution in [3.05, 3.63) is 22.7 Å². The van der Waals surface area contributed by atoms with Crippen molar-refractivity contribution in [2.24, 2.45) is 0 Å². The van der Waals surface area contributed by atoms with E-state index >= 15 is 0 Å². The van der Waals surface area contributed by atoms with Crippen LogP contribution in [0.4, 0.5) is 0 Å². The number of fused-ring (bicyclic) bond motifs is 3. The van der Waals surface area contributed by atoms with E-state index in [1.165, 1.54) is 0 Å². The fraction of sp³-hybridized carbons (Fsp3) is 0.562. The quantitative estimate of drug-likeness (QED) is 0.642. The molecule has 1 fully saturated rings. The molecule has 0 bridgehead atoms. The summed E-state index contributed by atoms with van der Waals surface area (Å²) in [5, 5.41) is 13.8. The van der Waals surface area contributed by atoms with Crippen LogP contribution in [0.25, 0.3) is 0 Å². The summed E-state index contributed by atoms with van der Waals surface area (Å²) in [6.07, 6.45) is 2.95. The highest BCUT2D eigenvalue weighted by Gasteiger charge is 2.55. The largest absolute Gasteiger partial charge is 0.493 e. The molecule has 1 heterocycles. The minimum Gasteiger partial charge on any atom is -0.493 e. The molecule has 22 heavy (non-hydrogen) atoms. The molecule has 1 aromatic carbocycles. The Morgan fingerprint density at radius 1 is 1.59 bits per heavy atom. The lowest BCUT2D eigenvalue weighted by Crippen LogP contribution is -2.50. The Balaban J connectivity index is 2.08. The number of hydrogen-bond acceptors (Lipinski definition) is 4. The molecule has 6 heteroatoms. The second-order valence-electron chi connectivity index (χ2n) is 5.93. The highest BCUT2D eigenvalue weighted by molar-refractivity contribution is 6.31. The molecule has 3 atom stereocenters. The second-order valence-corrected chi connectivity index (χ2v) is 6.34. The van der Waals surface area contributed by atoms with Crippen LogP contribution in [0.2, 0.25) is 5.02 Å². The van der Waals surface area contributed by atoms with Gasteiger partial charge in [0.05, 0.1) is 13.2 Å². The van der Waals surface area contributed by atoms with Gasteiger partial charge in [0, 0.05) is 22.5 Å². The van der Waals surface area contributed by atoms with Gasteiger partial charge in [0.25, 0.3) is 0 Å². The number of nitrogens with one attached hydrogen (secondary N) is 1. The van der Waals surface area contributed by atoms with E-state index < -0.39 is 6.10 Å². The zero-order valence-electron chi connectivity index (χ0n) is 12.5. The number of amides is 1. The van der Waals surface area contributed by atoms with Gasteiger partial charge in [-0.15, -0.1) is 0 Å². The van der Waals surface area contributed by atoms with Gasteiger partial charge >= 0.3 is 0 Å². The zero-order chi connectivity index (χ0) is 15.7. The molecule has 3 rings (SSSR count). The molecule has 2 aliphatic rings. The van der Waals surface area contributed by atoms with Gasteiger partial charge in [0.15, 0.2) is 11.5 Å². The van der Waals surface area contributed by atoms with Gasteiger partial charge in [-0.1, -0.05) is 11.6 Å². The summed E-state index contributed by atoms with van der Waals surface area (Å²) in [5.74, 6) is 1.26. The van der Waals surface area contributed by atoms with Crippen molar-refractivity contribution in [1.82, 2.24) is 5.32 Å². The maximum atomic E-state index is 10.6. The Morgan fingerprint density at radius 2 is 2.41 bits per heavy atom. The van der Waals surface area contributed by atoms with E-state index in [1.54, 1.807) is 19.2 Å². The highest BCUT2D eigenvalue weighted by Crippen LogP contribution is 2.57. The molecule has 2 N–H and O–H groups in total. The van der Waals surface area contributed by atoms with Gasteiger partial charge in [-0.25, -0.2) is 0 Å². The Labute approximate surface area is 134 Å². The first-order valence-electron chi connectivity index (χ1n) is 7.53. The van der Waals surface area contributed by atoms with Gasteiger partial charge in [-0.2, -0.15) is 0 Å². The number of ether oxygens (including phenoxy) is 2. The van der Waals surface area contributed by atoms with Crippen LogP contribution in [0.5, 0.6) is 11.5 Å². The number of carbonyl (C=O) groups excluding carboxylic acids is 1. The monoisotopic (exact) mass is 325 g/mol. The molecule has 1 unspecified atom stereocenters. The molecular formula is C16H20ClNO4. The van der Waals surface area contributed by atoms with E-state index in [0.717, 1.165) is 18.4 Å². The summed E-state index contributed by atoms with van der Waals surface area (Å²) in [7, 11) is 1.59. The minimum absolute atomic E-state index is 0.349. The Morgan fingerprint density at radius 3 is 3.14 bits per heavy atom. The maximum Gasteiger partial charge on any atom is 0.207 e. The summed E-state index contributed by atoms with van der Waals surface area (Å²) in [6.45, 7) is 0.517. The molecule has 0 radical (unpaired) electrons. The molecule has 1 aromatic rings. The highest BCUT2D eigenvalue weighted by atomic mass is 35.5. The Bertz CT molecular complexity index is 580. The van der Waals surface area contributed by atoms with E-state index in [-0.39, 0.29) is 11.5 Å². The van der Waals surface area contributed by atoms with Crippen LogP contribution in [0.15, 0.2) is 12.1 Å². The number of benzene rings is 1. The van der Waals surface area contributed by atoms with Crippen LogP contribution in [0.3, 0.4) is 0 Å². The topological polar surface area (TPSA) is 67.8 Å². The van der Waals surface area contributed by atoms with E-state index in [2.05, 4.69) is 5.32 Å². The molecule has 1 amide bonds. The lowest BCUT2D eigenvalue weighted by atomic mass is 9.65. The van der Waals surface area contributed by atoms with E-state index in [4.69, 9.17) is 21.1 Å². The molecular weight excluding hydrogens is 306 g/mol. The second kappa shape index (κ2) is 5.97. The SMILES string of the molecule is COc1ccc(Cl)c2c1O[C@H]1C(O)CCC[C@@]21CCNC=O. The van der Waals surface area contributed by atoms with E-state index in [9.17, 15) is 9.90 Å². The lowest BCUT2D eigenvalue weighted by Gasteiger charge is -2.41. The lowest BCUT2D eigenvalue weighted by molar-refractivity contribution is -0.109. The minimum atomic E-state index is -0.543. The number of aliphatic hydroxyl groups is 1. The number of carbonyl (C=O) groups is 1. The molecule has 1 aliphatic carbocycles. The fourth-order valence-electron chi connectivity index (χ4n) is 3.90.